The SMILES string of the molecule is CCCCCCCCC(NCCC)c1ncccn1. The molecule has 1 atom stereocenters. The van der Waals surface area contributed by atoms with Crippen LogP contribution in [-0.2, 0) is 0 Å². The summed E-state index contributed by atoms with van der Waals surface area (Å²) in [7, 11) is 0. The molecule has 0 amide bonds. The molecule has 1 heterocycles. The van der Waals surface area contributed by atoms with Gasteiger partial charge in [0.25, 0.3) is 0 Å². The number of nitrogens with one attached hydrogen (secondary N) is 1. The van der Waals surface area contributed by atoms with E-state index in [2.05, 4.69) is 29.1 Å². The topological polar surface area (TPSA) is 37.8 Å². The van der Waals surface area contributed by atoms with Crippen LogP contribution in [0.2, 0.25) is 0 Å². The van der Waals surface area contributed by atoms with Crippen molar-refractivity contribution in [3.05, 3.63) is 24.3 Å². The Bertz CT molecular complexity index is 300. The summed E-state index contributed by atoms with van der Waals surface area (Å²) in [5.41, 5.74) is 0. The van der Waals surface area contributed by atoms with Crippen molar-refractivity contribution in [3.8, 4) is 0 Å². The van der Waals surface area contributed by atoms with Crippen molar-refractivity contribution in [2.45, 2.75) is 71.3 Å². The summed E-state index contributed by atoms with van der Waals surface area (Å²) in [6, 6.07) is 2.21. The predicted octanol–water partition coefficient (Wildman–Crippen LogP) is 4.27. The number of rotatable bonds is 11. The second-order valence-electron chi connectivity index (χ2n) is 5.17. The highest BCUT2D eigenvalue weighted by molar-refractivity contribution is 4.95. The molecular formula is C16H29N3. The van der Waals surface area contributed by atoms with Crippen molar-refractivity contribution < 1.29 is 0 Å². The van der Waals surface area contributed by atoms with Crippen LogP contribution >= 0.6 is 0 Å². The van der Waals surface area contributed by atoms with E-state index in [1.54, 1.807) is 0 Å². The molecule has 19 heavy (non-hydrogen) atoms. The minimum atomic E-state index is 0.326. The van der Waals surface area contributed by atoms with E-state index in [4.69, 9.17) is 0 Å². The van der Waals surface area contributed by atoms with Crippen LogP contribution in [0.15, 0.2) is 18.5 Å². The van der Waals surface area contributed by atoms with Crippen LogP contribution in [0.3, 0.4) is 0 Å². The Labute approximate surface area is 118 Å². The molecule has 0 aliphatic rings. The summed E-state index contributed by atoms with van der Waals surface area (Å²) in [4.78, 5) is 8.77. The Hall–Kier alpha value is -0.960. The third kappa shape index (κ3) is 7.26. The molecule has 0 spiro atoms. The van der Waals surface area contributed by atoms with Gasteiger partial charge < -0.3 is 5.32 Å². The molecular weight excluding hydrogens is 234 g/mol. The zero-order valence-corrected chi connectivity index (χ0v) is 12.6. The fourth-order valence-corrected chi connectivity index (χ4v) is 2.26. The number of hydrogen-bond acceptors (Lipinski definition) is 3. The molecule has 1 aromatic rings. The first-order valence-electron chi connectivity index (χ1n) is 7.88. The van der Waals surface area contributed by atoms with Gasteiger partial charge in [0.15, 0.2) is 0 Å². The molecule has 3 nitrogen and oxygen atoms in total. The summed E-state index contributed by atoms with van der Waals surface area (Å²) in [6.07, 6.45) is 14.0. The van der Waals surface area contributed by atoms with Crippen molar-refractivity contribution >= 4 is 0 Å². The van der Waals surface area contributed by atoms with E-state index in [1.807, 2.05) is 18.5 Å². The van der Waals surface area contributed by atoms with E-state index in [9.17, 15) is 0 Å². The second kappa shape index (κ2) is 10.9. The number of nitrogens with zero attached hydrogens (tertiary/aromatic N) is 2. The summed E-state index contributed by atoms with van der Waals surface area (Å²) in [5.74, 6) is 0.949. The molecule has 0 fully saturated rings. The number of unbranched alkanes of at least 4 members (excludes halogenated alkanes) is 5. The zero-order valence-electron chi connectivity index (χ0n) is 12.6. The molecule has 0 aromatic carbocycles. The molecule has 0 saturated heterocycles. The Kier molecular flexibility index (Phi) is 9.25. The first-order valence-corrected chi connectivity index (χ1v) is 7.88. The van der Waals surface area contributed by atoms with Gasteiger partial charge in [-0.15, -0.1) is 0 Å². The van der Waals surface area contributed by atoms with Crippen LogP contribution < -0.4 is 5.32 Å². The third-order valence-electron chi connectivity index (χ3n) is 3.38. The second-order valence-corrected chi connectivity index (χ2v) is 5.17. The van der Waals surface area contributed by atoms with Crippen LogP contribution in [0.4, 0.5) is 0 Å². The lowest BCUT2D eigenvalue weighted by Gasteiger charge is -2.16. The average molecular weight is 263 g/mol. The van der Waals surface area contributed by atoms with Crippen LogP contribution in [0.5, 0.6) is 0 Å². The maximum atomic E-state index is 4.39. The molecule has 3 heteroatoms. The lowest BCUT2D eigenvalue weighted by Crippen LogP contribution is -2.24. The highest BCUT2D eigenvalue weighted by Crippen LogP contribution is 2.17. The fourth-order valence-electron chi connectivity index (χ4n) is 2.26. The lowest BCUT2D eigenvalue weighted by atomic mass is 10.0. The van der Waals surface area contributed by atoms with Crippen molar-refractivity contribution in [2.24, 2.45) is 0 Å². The Balaban J connectivity index is 2.30. The molecule has 0 bridgehead atoms. The minimum Gasteiger partial charge on any atom is -0.307 e. The summed E-state index contributed by atoms with van der Waals surface area (Å²) in [6.45, 7) is 5.50. The molecule has 0 saturated carbocycles. The Morgan fingerprint density at radius 1 is 0.947 bits per heavy atom. The highest BCUT2D eigenvalue weighted by atomic mass is 15.0. The molecule has 0 aliphatic carbocycles. The van der Waals surface area contributed by atoms with Crippen LogP contribution in [0, 0.1) is 0 Å². The fraction of sp³-hybridized carbons (Fsp3) is 0.750. The maximum Gasteiger partial charge on any atom is 0.145 e. The molecule has 0 aliphatic heterocycles. The van der Waals surface area contributed by atoms with Crippen LogP contribution in [0.1, 0.15) is 77.1 Å². The van der Waals surface area contributed by atoms with E-state index in [-0.39, 0.29) is 0 Å². The van der Waals surface area contributed by atoms with E-state index in [1.165, 1.54) is 38.5 Å². The Morgan fingerprint density at radius 3 is 2.32 bits per heavy atom. The maximum absolute atomic E-state index is 4.39. The summed E-state index contributed by atoms with van der Waals surface area (Å²) >= 11 is 0. The number of hydrogen-bond donors (Lipinski definition) is 1. The van der Waals surface area contributed by atoms with Crippen molar-refractivity contribution in [1.29, 1.82) is 0 Å². The van der Waals surface area contributed by atoms with Gasteiger partial charge in [-0.3, -0.25) is 0 Å². The zero-order chi connectivity index (χ0) is 13.8. The molecule has 0 radical (unpaired) electrons. The van der Waals surface area contributed by atoms with Gasteiger partial charge in [-0.2, -0.15) is 0 Å². The van der Waals surface area contributed by atoms with Crippen molar-refractivity contribution in [1.82, 2.24) is 15.3 Å². The van der Waals surface area contributed by atoms with Gasteiger partial charge in [0, 0.05) is 12.4 Å². The van der Waals surface area contributed by atoms with Gasteiger partial charge in [0.1, 0.15) is 5.82 Å². The van der Waals surface area contributed by atoms with E-state index >= 15 is 0 Å². The molecule has 1 rings (SSSR count). The standard InChI is InChI=1S/C16H29N3/c1-3-5-6-7-8-9-11-15(17-12-4-2)16-18-13-10-14-19-16/h10,13-15,17H,3-9,11-12H2,1-2H3. The monoisotopic (exact) mass is 263 g/mol. The van der Waals surface area contributed by atoms with Gasteiger partial charge in [-0.25, -0.2) is 9.97 Å². The molecule has 108 valence electrons. The first-order chi connectivity index (χ1) is 9.38. The molecule has 1 N–H and O–H groups in total. The van der Waals surface area contributed by atoms with Gasteiger partial charge >= 0.3 is 0 Å². The minimum absolute atomic E-state index is 0.326. The molecule has 1 aromatic heterocycles. The lowest BCUT2D eigenvalue weighted by molar-refractivity contribution is 0.449. The van der Waals surface area contributed by atoms with Gasteiger partial charge in [0.05, 0.1) is 6.04 Å². The molecule has 1 unspecified atom stereocenters. The third-order valence-corrected chi connectivity index (χ3v) is 3.38. The smallest absolute Gasteiger partial charge is 0.145 e. The van der Waals surface area contributed by atoms with Crippen molar-refractivity contribution in [3.63, 3.8) is 0 Å². The highest BCUT2D eigenvalue weighted by Gasteiger charge is 2.12. The van der Waals surface area contributed by atoms with Crippen LogP contribution in [0.25, 0.3) is 0 Å². The van der Waals surface area contributed by atoms with Gasteiger partial charge in [0.2, 0.25) is 0 Å². The largest absolute Gasteiger partial charge is 0.307 e. The van der Waals surface area contributed by atoms with E-state index in [0.29, 0.717) is 6.04 Å². The van der Waals surface area contributed by atoms with Crippen LogP contribution in [-0.4, -0.2) is 16.5 Å². The van der Waals surface area contributed by atoms with E-state index < -0.39 is 0 Å². The normalized spacial score (nSPS) is 12.5. The summed E-state index contributed by atoms with van der Waals surface area (Å²) in [5, 5.41) is 3.56. The first kappa shape index (κ1) is 16.1. The Morgan fingerprint density at radius 2 is 1.63 bits per heavy atom. The van der Waals surface area contributed by atoms with Crippen molar-refractivity contribution in [2.75, 3.05) is 6.54 Å². The average Bonchev–Trinajstić information content (AvgIpc) is 2.46. The van der Waals surface area contributed by atoms with Gasteiger partial charge in [-0.05, 0) is 25.5 Å². The van der Waals surface area contributed by atoms with Gasteiger partial charge in [-0.1, -0.05) is 52.4 Å². The quantitative estimate of drug-likeness (QED) is 0.606. The number of aromatic nitrogens is 2. The predicted molar refractivity (Wildman–Crippen MR) is 81.1 cm³/mol. The van der Waals surface area contributed by atoms with E-state index in [0.717, 1.165) is 25.2 Å². The summed E-state index contributed by atoms with van der Waals surface area (Å²) < 4.78 is 0.